The smallest absolute Gasteiger partial charge is 0.311 e. The van der Waals surface area contributed by atoms with E-state index in [0.29, 0.717) is 12.4 Å². The number of rotatable bonds is 4. The highest BCUT2D eigenvalue weighted by molar-refractivity contribution is 7.09. The second kappa shape index (κ2) is 5.19. The van der Waals surface area contributed by atoms with E-state index in [1.54, 1.807) is 17.4 Å². The Morgan fingerprint density at radius 3 is 2.74 bits per heavy atom. The third kappa shape index (κ3) is 2.97. The molecule has 0 fully saturated rings. The van der Waals surface area contributed by atoms with Crippen molar-refractivity contribution in [3.63, 3.8) is 0 Å². The van der Waals surface area contributed by atoms with Crippen LogP contribution < -0.4 is 10.6 Å². The van der Waals surface area contributed by atoms with Crippen molar-refractivity contribution in [2.24, 2.45) is 0 Å². The van der Waals surface area contributed by atoms with Crippen LogP contribution in [0.2, 0.25) is 0 Å². The maximum Gasteiger partial charge on any atom is 0.311 e. The Bertz CT molecular complexity index is 613. The van der Waals surface area contributed by atoms with Crippen LogP contribution in [0, 0.1) is 17.0 Å². The van der Waals surface area contributed by atoms with Crippen LogP contribution in [-0.2, 0) is 6.54 Å². The average Bonchev–Trinajstić information content (AvgIpc) is 2.74. The number of nitrogen functional groups attached to an aromatic ring is 1. The number of nitrogens with two attached hydrogens (primary N) is 1. The summed E-state index contributed by atoms with van der Waals surface area (Å²) in [5.41, 5.74) is 6.32. The fourth-order valence-corrected chi connectivity index (χ4v) is 2.23. The summed E-state index contributed by atoms with van der Waals surface area (Å²) in [5, 5.41) is 13.6. The molecule has 0 saturated carbocycles. The predicted molar refractivity (Wildman–Crippen MR) is 74.3 cm³/mol. The first-order chi connectivity index (χ1) is 8.97. The molecule has 0 radical (unpaired) electrons. The van der Waals surface area contributed by atoms with Crippen molar-refractivity contribution in [1.29, 1.82) is 0 Å². The number of hydrogen-bond donors (Lipinski definition) is 1. The molecule has 0 aliphatic rings. The minimum absolute atomic E-state index is 0.0798. The molecule has 8 heteroatoms. The van der Waals surface area contributed by atoms with E-state index in [1.165, 1.54) is 6.07 Å². The zero-order chi connectivity index (χ0) is 14.0. The SMILES string of the molecule is Cc1nc(CN(C)c2ccc([N+](=O)[O-])c(N)n2)cs1. The van der Waals surface area contributed by atoms with Crippen molar-refractivity contribution < 1.29 is 4.92 Å². The molecule has 0 atom stereocenters. The molecule has 2 heterocycles. The molecule has 0 saturated heterocycles. The number of pyridine rings is 1. The monoisotopic (exact) mass is 279 g/mol. The topological polar surface area (TPSA) is 98.2 Å². The van der Waals surface area contributed by atoms with Crippen molar-refractivity contribution in [2.75, 3.05) is 17.7 Å². The summed E-state index contributed by atoms with van der Waals surface area (Å²) in [7, 11) is 1.84. The van der Waals surface area contributed by atoms with Crippen molar-refractivity contribution in [1.82, 2.24) is 9.97 Å². The van der Waals surface area contributed by atoms with Gasteiger partial charge in [0.25, 0.3) is 0 Å². The quantitative estimate of drug-likeness (QED) is 0.678. The molecule has 7 nitrogen and oxygen atoms in total. The van der Waals surface area contributed by atoms with Gasteiger partial charge in [0.05, 0.1) is 22.2 Å². The first-order valence-corrected chi connectivity index (χ1v) is 6.38. The van der Waals surface area contributed by atoms with E-state index < -0.39 is 4.92 Å². The number of hydrogen-bond acceptors (Lipinski definition) is 7. The molecule has 2 aromatic rings. The van der Waals surface area contributed by atoms with E-state index in [0.717, 1.165) is 10.7 Å². The maximum absolute atomic E-state index is 10.7. The number of anilines is 2. The summed E-state index contributed by atoms with van der Waals surface area (Å²) in [6, 6.07) is 2.94. The fraction of sp³-hybridized carbons (Fsp3) is 0.273. The minimum atomic E-state index is -0.546. The Balaban J connectivity index is 2.17. The van der Waals surface area contributed by atoms with Crippen LogP contribution in [0.3, 0.4) is 0 Å². The molecule has 0 bridgehead atoms. The van der Waals surface area contributed by atoms with Gasteiger partial charge in [0.15, 0.2) is 0 Å². The van der Waals surface area contributed by atoms with Gasteiger partial charge in [-0.1, -0.05) is 0 Å². The first-order valence-electron chi connectivity index (χ1n) is 5.50. The zero-order valence-corrected chi connectivity index (χ0v) is 11.3. The maximum atomic E-state index is 10.7. The van der Waals surface area contributed by atoms with Crippen molar-refractivity contribution >= 4 is 28.7 Å². The molecule has 0 amide bonds. The first kappa shape index (κ1) is 13.2. The molecule has 19 heavy (non-hydrogen) atoms. The molecule has 2 N–H and O–H groups in total. The van der Waals surface area contributed by atoms with Gasteiger partial charge >= 0.3 is 5.69 Å². The lowest BCUT2D eigenvalue weighted by atomic mass is 10.3. The minimum Gasteiger partial charge on any atom is -0.378 e. The Hall–Kier alpha value is -2.22. The lowest BCUT2D eigenvalue weighted by Crippen LogP contribution is -2.18. The molecule has 100 valence electrons. The number of thiazole rings is 1. The van der Waals surface area contributed by atoms with Crippen molar-refractivity contribution in [3.8, 4) is 0 Å². The van der Waals surface area contributed by atoms with Crippen LogP contribution in [0.15, 0.2) is 17.5 Å². The summed E-state index contributed by atoms with van der Waals surface area (Å²) in [5.74, 6) is 0.498. The van der Waals surface area contributed by atoms with Gasteiger partial charge in [-0.3, -0.25) is 10.1 Å². The number of aromatic nitrogens is 2. The van der Waals surface area contributed by atoms with E-state index in [4.69, 9.17) is 5.73 Å². The predicted octanol–water partition coefficient (Wildman–Crippen LogP) is 1.97. The molecular formula is C11H13N5O2S. The van der Waals surface area contributed by atoms with Crippen LogP contribution in [-0.4, -0.2) is 21.9 Å². The van der Waals surface area contributed by atoms with Gasteiger partial charge in [-0.25, -0.2) is 9.97 Å². The Morgan fingerprint density at radius 1 is 1.47 bits per heavy atom. The summed E-state index contributed by atoms with van der Waals surface area (Å²) < 4.78 is 0. The van der Waals surface area contributed by atoms with Crippen molar-refractivity contribution in [3.05, 3.63) is 38.3 Å². The number of aryl methyl sites for hydroxylation is 1. The second-order valence-corrected chi connectivity index (χ2v) is 5.11. The highest BCUT2D eigenvalue weighted by Gasteiger charge is 2.15. The largest absolute Gasteiger partial charge is 0.378 e. The summed E-state index contributed by atoms with van der Waals surface area (Å²) in [6.07, 6.45) is 0. The molecule has 0 aliphatic carbocycles. The lowest BCUT2D eigenvalue weighted by molar-refractivity contribution is -0.384. The van der Waals surface area contributed by atoms with Crippen LogP contribution in [0.1, 0.15) is 10.7 Å². The van der Waals surface area contributed by atoms with E-state index in [2.05, 4.69) is 9.97 Å². The molecule has 0 spiro atoms. The molecule has 0 unspecified atom stereocenters. The molecular weight excluding hydrogens is 266 g/mol. The highest BCUT2D eigenvalue weighted by atomic mass is 32.1. The lowest BCUT2D eigenvalue weighted by Gasteiger charge is -2.16. The van der Waals surface area contributed by atoms with Crippen LogP contribution in [0.25, 0.3) is 0 Å². The number of nitro groups is 1. The van der Waals surface area contributed by atoms with Crippen LogP contribution in [0.4, 0.5) is 17.3 Å². The standard InChI is InChI=1S/C11H13N5O2S/c1-7-13-8(6-19-7)5-15(2)10-4-3-9(16(17)18)11(12)14-10/h3-4,6H,5H2,1-2H3,(H2,12,14). The van der Waals surface area contributed by atoms with Gasteiger partial charge in [-0.2, -0.15) is 0 Å². The zero-order valence-electron chi connectivity index (χ0n) is 10.5. The molecule has 2 aromatic heterocycles. The summed E-state index contributed by atoms with van der Waals surface area (Å²) >= 11 is 1.58. The Labute approximate surface area is 113 Å². The third-order valence-electron chi connectivity index (χ3n) is 2.54. The van der Waals surface area contributed by atoms with E-state index in [9.17, 15) is 10.1 Å². The average molecular weight is 279 g/mol. The van der Waals surface area contributed by atoms with Gasteiger partial charge in [0.1, 0.15) is 5.82 Å². The summed E-state index contributed by atoms with van der Waals surface area (Å²) in [4.78, 5) is 20.3. The van der Waals surface area contributed by atoms with Gasteiger partial charge < -0.3 is 10.6 Å². The van der Waals surface area contributed by atoms with E-state index in [1.807, 2.05) is 24.3 Å². The van der Waals surface area contributed by atoms with Gasteiger partial charge in [0, 0.05) is 18.5 Å². The van der Waals surface area contributed by atoms with Gasteiger partial charge in [-0.15, -0.1) is 11.3 Å². The Morgan fingerprint density at radius 2 is 2.21 bits per heavy atom. The fourth-order valence-electron chi connectivity index (χ4n) is 1.63. The number of nitrogens with zero attached hydrogens (tertiary/aromatic N) is 4. The normalized spacial score (nSPS) is 10.4. The Kier molecular flexibility index (Phi) is 3.61. The summed E-state index contributed by atoms with van der Waals surface area (Å²) in [6.45, 7) is 2.52. The molecule has 2 rings (SSSR count). The van der Waals surface area contributed by atoms with Crippen molar-refractivity contribution in [2.45, 2.75) is 13.5 Å². The van der Waals surface area contributed by atoms with Crippen LogP contribution in [0.5, 0.6) is 0 Å². The second-order valence-electron chi connectivity index (χ2n) is 4.04. The van der Waals surface area contributed by atoms with Gasteiger partial charge in [-0.05, 0) is 13.0 Å². The van der Waals surface area contributed by atoms with E-state index >= 15 is 0 Å². The van der Waals surface area contributed by atoms with Crippen LogP contribution >= 0.6 is 11.3 Å². The highest BCUT2D eigenvalue weighted by Crippen LogP contribution is 2.23. The van der Waals surface area contributed by atoms with Gasteiger partial charge in [0.2, 0.25) is 5.82 Å². The molecule has 0 aliphatic heterocycles. The molecule has 0 aromatic carbocycles. The van der Waals surface area contributed by atoms with E-state index in [-0.39, 0.29) is 11.5 Å². The third-order valence-corrected chi connectivity index (χ3v) is 3.36.